The fraction of sp³-hybridized carbons (Fsp3) is 0.429. The van der Waals surface area contributed by atoms with Crippen LogP contribution in [0, 0.1) is 17.8 Å². The van der Waals surface area contributed by atoms with E-state index in [4.69, 9.17) is 0 Å². The highest BCUT2D eigenvalue weighted by molar-refractivity contribution is 5.17. The van der Waals surface area contributed by atoms with Crippen molar-refractivity contribution in [3.63, 3.8) is 0 Å². The Morgan fingerprint density at radius 1 is 1.71 bits per heavy atom. The summed E-state index contributed by atoms with van der Waals surface area (Å²) in [7, 11) is 0. The standard InChI is InChI=1S/C7H8/c1-2-4-7-5-3-6-7/h3,5,7H,6H2,1H3. The lowest BCUT2D eigenvalue weighted by Gasteiger charge is -2.07. The predicted molar refractivity (Wildman–Crippen MR) is 30.7 cm³/mol. The molecule has 0 heteroatoms. The van der Waals surface area contributed by atoms with Gasteiger partial charge >= 0.3 is 0 Å². The number of hydrogen-bond donors (Lipinski definition) is 0. The average molecular weight is 92.1 g/mol. The van der Waals surface area contributed by atoms with Gasteiger partial charge in [-0.2, -0.15) is 0 Å². The second kappa shape index (κ2) is 1.84. The first-order valence-corrected chi connectivity index (χ1v) is 2.52. The van der Waals surface area contributed by atoms with Gasteiger partial charge in [-0.05, 0) is 13.3 Å². The van der Waals surface area contributed by atoms with Crippen LogP contribution in [-0.4, -0.2) is 0 Å². The highest BCUT2D eigenvalue weighted by Crippen LogP contribution is 2.14. The molecule has 7 heavy (non-hydrogen) atoms. The van der Waals surface area contributed by atoms with E-state index in [-0.39, 0.29) is 0 Å². The van der Waals surface area contributed by atoms with E-state index in [1.165, 1.54) is 6.42 Å². The van der Waals surface area contributed by atoms with E-state index in [9.17, 15) is 0 Å². The van der Waals surface area contributed by atoms with Gasteiger partial charge in [0.2, 0.25) is 0 Å². The molecule has 0 saturated carbocycles. The largest absolute Gasteiger partial charge is 0.106 e. The Morgan fingerprint density at radius 2 is 2.43 bits per heavy atom. The maximum absolute atomic E-state index is 3.05. The Bertz CT molecular complexity index is 132. The molecule has 0 saturated heterocycles. The van der Waals surface area contributed by atoms with Crippen LogP contribution in [0.3, 0.4) is 0 Å². The highest BCUT2D eigenvalue weighted by Gasteiger charge is 2.03. The van der Waals surface area contributed by atoms with Gasteiger partial charge in [-0.15, -0.1) is 5.92 Å². The summed E-state index contributed by atoms with van der Waals surface area (Å²) < 4.78 is 0. The zero-order valence-corrected chi connectivity index (χ0v) is 4.44. The molecule has 0 N–H and O–H groups in total. The molecule has 0 radical (unpaired) electrons. The zero-order chi connectivity index (χ0) is 5.11. The Kier molecular flexibility index (Phi) is 1.17. The van der Waals surface area contributed by atoms with Crippen LogP contribution in [0.25, 0.3) is 0 Å². The quantitative estimate of drug-likeness (QED) is 0.314. The van der Waals surface area contributed by atoms with Gasteiger partial charge in [0.05, 0.1) is 0 Å². The fourth-order valence-corrected chi connectivity index (χ4v) is 0.565. The lowest BCUT2D eigenvalue weighted by atomic mass is 9.96. The molecule has 1 rings (SSSR count). The molecule has 0 heterocycles. The average Bonchev–Trinajstić information content (AvgIpc) is 1.55. The van der Waals surface area contributed by atoms with E-state index in [0.29, 0.717) is 5.92 Å². The molecule has 1 aliphatic rings. The van der Waals surface area contributed by atoms with Crippen molar-refractivity contribution in [1.29, 1.82) is 0 Å². The fourth-order valence-electron chi connectivity index (χ4n) is 0.565. The molecule has 0 spiro atoms. The molecule has 0 aliphatic heterocycles. The lowest BCUT2D eigenvalue weighted by molar-refractivity contribution is 0.787. The monoisotopic (exact) mass is 92.1 g/mol. The van der Waals surface area contributed by atoms with Crippen molar-refractivity contribution >= 4 is 0 Å². The maximum Gasteiger partial charge on any atom is 0.0417 e. The van der Waals surface area contributed by atoms with Crippen molar-refractivity contribution < 1.29 is 0 Å². The molecule has 0 bridgehead atoms. The molecule has 1 unspecified atom stereocenters. The molecule has 0 nitrogen and oxygen atoms in total. The number of hydrogen-bond acceptors (Lipinski definition) is 0. The third-order valence-corrected chi connectivity index (χ3v) is 1.09. The lowest BCUT2D eigenvalue weighted by Crippen LogP contribution is -1.97. The van der Waals surface area contributed by atoms with Gasteiger partial charge in [0.1, 0.15) is 0 Å². The summed E-state index contributed by atoms with van der Waals surface area (Å²) in [4.78, 5) is 0. The van der Waals surface area contributed by atoms with Crippen LogP contribution < -0.4 is 0 Å². The Labute approximate surface area is 44.2 Å². The van der Waals surface area contributed by atoms with E-state index >= 15 is 0 Å². The van der Waals surface area contributed by atoms with Crippen LogP contribution in [-0.2, 0) is 0 Å². The van der Waals surface area contributed by atoms with E-state index in [1.807, 2.05) is 6.92 Å². The van der Waals surface area contributed by atoms with Crippen LogP contribution in [0.4, 0.5) is 0 Å². The van der Waals surface area contributed by atoms with Crippen molar-refractivity contribution in [2.75, 3.05) is 0 Å². The summed E-state index contributed by atoms with van der Waals surface area (Å²) >= 11 is 0. The van der Waals surface area contributed by atoms with Crippen molar-refractivity contribution in [2.24, 2.45) is 5.92 Å². The minimum absolute atomic E-state index is 0.588. The third kappa shape index (κ3) is 0.838. The van der Waals surface area contributed by atoms with Crippen LogP contribution in [0.5, 0.6) is 0 Å². The first kappa shape index (κ1) is 4.46. The molecule has 0 aromatic heterocycles. The van der Waals surface area contributed by atoms with Gasteiger partial charge in [-0.25, -0.2) is 0 Å². The van der Waals surface area contributed by atoms with Crippen molar-refractivity contribution in [1.82, 2.24) is 0 Å². The summed E-state index contributed by atoms with van der Waals surface area (Å²) in [6.45, 7) is 1.88. The minimum atomic E-state index is 0.588. The second-order valence-corrected chi connectivity index (χ2v) is 1.66. The first-order chi connectivity index (χ1) is 3.43. The van der Waals surface area contributed by atoms with Crippen LogP contribution in [0.2, 0.25) is 0 Å². The Morgan fingerprint density at radius 3 is 2.57 bits per heavy atom. The Hall–Kier alpha value is -0.700. The van der Waals surface area contributed by atoms with Crippen molar-refractivity contribution in [2.45, 2.75) is 13.3 Å². The molecule has 0 amide bonds. The first-order valence-electron chi connectivity index (χ1n) is 2.52. The summed E-state index contributed by atoms with van der Waals surface area (Å²) in [5.41, 5.74) is 0. The summed E-state index contributed by atoms with van der Waals surface area (Å²) in [6, 6.07) is 0. The van der Waals surface area contributed by atoms with E-state index in [0.717, 1.165) is 0 Å². The highest BCUT2D eigenvalue weighted by atomic mass is 14.1. The Balaban J connectivity index is 2.40. The zero-order valence-electron chi connectivity index (χ0n) is 4.44. The van der Waals surface area contributed by atoms with Gasteiger partial charge in [-0.1, -0.05) is 18.1 Å². The van der Waals surface area contributed by atoms with Gasteiger partial charge < -0.3 is 0 Å². The second-order valence-electron chi connectivity index (χ2n) is 1.66. The van der Waals surface area contributed by atoms with Gasteiger partial charge in [0.15, 0.2) is 0 Å². The number of rotatable bonds is 0. The molecule has 1 aliphatic carbocycles. The van der Waals surface area contributed by atoms with Crippen molar-refractivity contribution in [3.8, 4) is 11.8 Å². The summed E-state index contributed by atoms with van der Waals surface area (Å²) in [5.74, 6) is 6.50. The predicted octanol–water partition coefficient (Wildman–Crippen LogP) is 1.59. The SMILES string of the molecule is CC#CC1C=CC1. The van der Waals surface area contributed by atoms with E-state index in [2.05, 4.69) is 24.0 Å². The molecule has 0 aromatic rings. The molecule has 1 atom stereocenters. The molecular weight excluding hydrogens is 84.1 g/mol. The van der Waals surface area contributed by atoms with Crippen LogP contribution >= 0.6 is 0 Å². The maximum atomic E-state index is 3.05. The van der Waals surface area contributed by atoms with Gasteiger partial charge in [0.25, 0.3) is 0 Å². The third-order valence-electron chi connectivity index (χ3n) is 1.09. The van der Waals surface area contributed by atoms with E-state index in [1.54, 1.807) is 0 Å². The molecule has 0 aromatic carbocycles. The molecule has 36 valence electrons. The number of allylic oxidation sites excluding steroid dienone is 2. The summed E-state index contributed by atoms with van der Waals surface area (Å²) in [6.07, 6.45) is 5.45. The van der Waals surface area contributed by atoms with Gasteiger partial charge in [0, 0.05) is 5.92 Å². The summed E-state index contributed by atoms with van der Waals surface area (Å²) in [5, 5.41) is 0. The van der Waals surface area contributed by atoms with E-state index < -0.39 is 0 Å². The minimum Gasteiger partial charge on any atom is -0.106 e. The van der Waals surface area contributed by atoms with Crippen LogP contribution in [0.15, 0.2) is 12.2 Å². The molecule has 0 fully saturated rings. The molecular formula is C7H8. The van der Waals surface area contributed by atoms with Gasteiger partial charge in [-0.3, -0.25) is 0 Å². The smallest absolute Gasteiger partial charge is 0.0417 e. The van der Waals surface area contributed by atoms with Crippen molar-refractivity contribution in [3.05, 3.63) is 12.2 Å². The topological polar surface area (TPSA) is 0 Å². The normalized spacial score (nSPS) is 25.0. The van der Waals surface area contributed by atoms with Crippen LogP contribution in [0.1, 0.15) is 13.3 Å².